The maximum atomic E-state index is 10.5. The van der Waals surface area contributed by atoms with E-state index < -0.39 is 0 Å². The molecule has 0 aromatic rings. The molecule has 27 heavy (non-hydrogen) atoms. The van der Waals surface area contributed by atoms with E-state index in [2.05, 4.69) is 24.4 Å². The molecular formula is C24H41NO2. The molecule has 0 radical (unpaired) electrons. The molecule has 0 aliphatic heterocycles. The fraction of sp³-hybridized carbons (Fsp3) is 0.833. The van der Waals surface area contributed by atoms with Gasteiger partial charge in [-0.05, 0) is 88.6 Å². The van der Waals surface area contributed by atoms with Gasteiger partial charge in [0.2, 0.25) is 0 Å². The zero-order valence-electron chi connectivity index (χ0n) is 17.3. The SMILES string of the molecule is CCCNCCCC/C=C1\C[C@H]2C[C@@H](O)[C@H](/C=C/[C@@H](O)C3CCCC3)[C@H]2C1. The minimum Gasteiger partial charge on any atom is -0.392 e. The normalized spacial score (nSPS) is 34.1. The molecular weight excluding hydrogens is 334 g/mol. The van der Waals surface area contributed by atoms with Crippen molar-refractivity contribution < 1.29 is 10.2 Å². The van der Waals surface area contributed by atoms with E-state index in [9.17, 15) is 10.2 Å². The van der Waals surface area contributed by atoms with Gasteiger partial charge in [0.1, 0.15) is 0 Å². The highest BCUT2D eigenvalue weighted by atomic mass is 16.3. The van der Waals surface area contributed by atoms with E-state index >= 15 is 0 Å². The molecule has 0 amide bonds. The van der Waals surface area contributed by atoms with Crippen LogP contribution in [0.15, 0.2) is 23.8 Å². The Morgan fingerprint density at radius 1 is 1.15 bits per heavy atom. The van der Waals surface area contributed by atoms with Crippen LogP contribution in [-0.2, 0) is 0 Å². The van der Waals surface area contributed by atoms with Crippen LogP contribution in [-0.4, -0.2) is 35.5 Å². The molecule has 3 fully saturated rings. The summed E-state index contributed by atoms with van der Waals surface area (Å²) in [4.78, 5) is 0. The van der Waals surface area contributed by atoms with Gasteiger partial charge < -0.3 is 15.5 Å². The first-order chi connectivity index (χ1) is 13.2. The quantitative estimate of drug-likeness (QED) is 0.386. The number of unbranched alkanes of at least 4 members (excludes halogenated alkanes) is 2. The molecule has 0 spiro atoms. The van der Waals surface area contributed by atoms with Crippen LogP contribution in [0.25, 0.3) is 0 Å². The van der Waals surface area contributed by atoms with Crippen LogP contribution < -0.4 is 5.32 Å². The molecule has 3 rings (SSSR count). The highest BCUT2D eigenvalue weighted by Gasteiger charge is 2.45. The van der Waals surface area contributed by atoms with E-state index in [-0.39, 0.29) is 18.1 Å². The van der Waals surface area contributed by atoms with Gasteiger partial charge >= 0.3 is 0 Å². The Kier molecular flexibility index (Phi) is 8.42. The maximum absolute atomic E-state index is 10.5. The third-order valence-electron chi connectivity index (χ3n) is 7.19. The first-order valence-electron chi connectivity index (χ1n) is 11.6. The van der Waals surface area contributed by atoms with Crippen molar-refractivity contribution in [2.45, 2.75) is 89.8 Å². The van der Waals surface area contributed by atoms with Gasteiger partial charge in [0, 0.05) is 5.92 Å². The minimum absolute atomic E-state index is 0.210. The topological polar surface area (TPSA) is 52.5 Å². The average molecular weight is 376 g/mol. The van der Waals surface area contributed by atoms with Gasteiger partial charge in [-0.2, -0.15) is 0 Å². The molecule has 0 unspecified atom stereocenters. The van der Waals surface area contributed by atoms with E-state index in [4.69, 9.17) is 0 Å². The van der Waals surface area contributed by atoms with Gasteiger partial charge in [-0.1, -0.05) is 43.6 Å². The Balaban J connectivity index is 1.43. The Morgan fingerprint density at radius 2 is 1.96 bits per heavy atom. The van der Waals surface area contributed by atoms with Crippen LogP contribution in [0.4, 0.5) is 0 Å². The summed E-state index contributed by atoms with van der Waals surface area (Å²) >= 11 is 0. The molecule has 154 valence electrons. The van der Waals surface area contributed by atoms with Crippen molar-refractivity contribution in [3.63, 3.8) is 0 Å². The van der Waals surface area contributed by atoms with Gasteiger partial charge in [0.15, 0.2) is 0 Å². The second-order valence-electron chi connectivity index (χ2n) is 9.24. The molecule has 0 aromatic heterocycles. The smallest absolute Gasteiger partial charge is 0.0749 e. The van der Waals surface area contributed by atoms with E-state index in [1.807, 2.05) is 6.08 Å². The van der Waals surface area contributed by atoms with E-state index in [1.165, 1.54) is 44.9 Å². The zero-order chi connectivity index (χ0) is 19.1. The van der Waals surface area contributed by atoms with Gasteiger partial charge in [0.25, 0.3) is 0 Å². The number of aliphatic hydroxyl groups is 2. The van der Waals surface area contributed by atoms with Crippen molar-refractivity contribution in [1.82, 2.24) is 5.32 Å². The van der Waals surface area contributed by atoms with Gasteiger partial charge in [-0.3, -0.25) is 0 Å². The molecule has 0 saturated heterocycles. The van der Waals surface area contributed by atoms with Crippen molar-refractivity contribution in [2.24, 2.45) is 23.7 Å². The lowest BCUT2D eigenvalue weighted by atomic mass is 9.89. The summed E-state index contributed by atoms with van der Waals surface area (Å²) < 4.78 is 0. The third-order valence-corrected chi connectivity index (χ3v) is 7.19. The summed E-state index contributed by atoms with van der Waals surface area (Å²) in [6.45, 7) is 4.49. The summed E-state index contributed by atoms with van der Waals surface area (Å²) in [6, 6.07) is 0. The van der Waals surface area contributed by atoms with Crippen LogP contribution in [0.5, 0.6) is 0 Å². The number of hydrogen-bond acceptors (Lipinski definition) is 3. The Labute approximate surface area is 166 Å². The van der Waals surface area contributed by atoms with Crippen molar-refractivity contribution >= 4 is 0 Å². The fourth-order valence-corrected chi connectivity index (χ4v) is 5.64. The lowest BCUT2D eigenvalue weighted by Crippen LogP contribution is -2.19. The summed E-state index contributed by atoms with van der Waals surface area (Å²) in [5.41, 5.74) is 1.62. The number of nitrogens with one attached hydrogen (secondary N) is 1. The van der Waals surface area contributed by atoms with Crippen molar-refractivity contribution in [3.05, 3.63) is 23.8 Å². The minimum atomic E-state index is -0.309. The maximum Gasteiger partial charge on any atom is 0.0749 e. The molecule has 3 saturated carbocycles. The highest BCUT2D eigenvalue weighted by molar-refractivity contribution is 5.18. The number of fused-ring (bicyclic) bond motifs is 1. The van der Waals surface area contributed by atoms with Crippen molar-refractivity contribution in [1.29, 1.82) is 0 Å². The number of hydrogen-bond donors (Lipinski definition) is 3. The van der Waals surface area contributed by atoms with Crippen LogP contribution in [0.2, 0.25) is 0 Å². The second-order valence-corrected chi connectivity index (χ2v) is 9.24. The Bertz CT molecular complexity index is 495. The second kappa shape index (κ2) is 10.8. The molecule has 3 heteroatoms. The Morgan fingerprint density at radius 3 is 2.74 bits per heavy atom. The number of rotatable bonds is 10. The first kappa shape index (κ1) is 21.1. The van der Waals surface area contributed by atoms with Gasteiger partial charge in [-0.25, -0.2) is 0 Å². The van der Waals surface area contributed by atoms with Crippen LogP contribution in [0, 0.1) is 23.7 Å². The van der Waals surface area contributed by atoms with Crippen LogP contribution in [0.1, 0.15) is 77.6 Å². The number of aliphatic hydroxyl groups excluding tert-OH is 2. The summed E-state index contributed by atoms with van der Waals surface area (Å²) in [5, 5.41) is 24.4. The monoisotopic (exact) mass is 375 g/mol. The lowest BCUT2D eigenvalue weighted by Gasteiger charge is -2.19. The standard InChI is InChI=1S/C24H41NO2/c1-2-13-25-14-7-3-4-8-18-15-20-17-24(27)21(22(20)16-18)11-12-23(26)19-9-5-6-10-19/h8,11-12,19-27H,2-7,9-10,13-17H2,1H3/b12-11+,18-8+/t20-,21+,22-,23+,24+/m0/s1. The highest BCUT2D eigenvalue weighted by Crippen LogP contribution is 2.50. The van der Waals surface area contributed by atoms with E-state index in [1.54, 1.807) is 5.57 Å². The summed E-state index contributed by atoms with van der Waals surface area (Å²) in [5.74, 6) is 1.93. The van der Waals surface area contributed by atoms with Crippen molar-refractivity contribution in [3.8, 4) is 0 Å². The molecule has 0 bridgehead atoms. The fourth-order valence-electron chi connectivity index (χ4n) is 5.64. The third kappa shape index (κ3) is 5.92. The van der Waals surface area contributed by atoms with Crippen LogP contribution >= 0.6 is 0 Å². The molecule has 3 aliphatic rings. The summed E-state index contributed by atoms with van der Waals surface area (Å²) in [7, 11) is 0. The van der Waals surface area contributed by atoms with E-state index in [0.717, 1.165) is 38.8 Å². The van der Waals surface area contributed by atoms with Crippen molar-refractivity contribution in [2.75, 3.05) is 13.1 Å². The van der Waals surface area contributed by atoms with E-state index in [0.29, 0.717) is 17.8 Å². The molecule has 5 atom stereocenters. The molecule has 3 N–H and O–H groups in total. The molecule has 0 heterocycles. The summed E-state index contributed by atoms with van der Waals surface area (Å²) in [6.07, 6.45) is 19.2. The molecule has 0 aromatic carbocycles. The van der Waals surface area contributed by atoms with Crippen LogP contribution in [0.3, 0.4) is 0 Å². The molecule has 3 aliphatic carbocycles. The largest absolute Gasteiger partial charge is 0.392 e. The molecule has 3 nitrogen and oxygen atoms in total. The average Bonchev–Trinajstić information content (AvgIpc) is 3.36. The Hall–Kier alpha value is -0.640. The van der Waals surface area contributed by atoms with Gasteiger partial charge in [0.05, 0.1) is 12.2 Å². The first-order valence-corrected chi connectivity index (χ1v) is 11.6. The number of allylic oxidation sites excluding steroid dienone is 2. The van der Waals surface area contributed by atoms with Gasteiger partial charge in [-0.15, -0.1) is 0 Å². The zero-order valence-corrected chi connectivity index (χ0v) is 17.3. The predicted molar refractivity (Wildman–Crippen MR) is 113 cm³/mol. The lowest BCUT2D eigenvalue weighted by molar-refractivity contribution is 0.135. The predicted octanol–water partition coefficient (Wildman–Crippen LogP) is 4.60.